The molecule has 0 aliphatic heterocycles. The highest BCUT2D eigenvalue weighted by Gasteiger charge is 2.13. The molecule has 0 spiro atoms. The average Bonchev–Trinajstić information content (AvgIpc) is 2.94. The second-order valence-electron chi connectivity index (χ2n) is 5.37. The smallest absolute Gasteiger partial charge is 0.168 e. The zero-order chi connectivity index (χ0) is 15.8. The SMILES string of the molecule is Cc1nn(-c2ccc(-c3ccccc3)cc2)c2ncnc(N)c12. The van der Waals surface area contributed by atoms with Crippen LogP contribution in [0.5, 0.6) is 0 Å². The number of hydrogen-bond acceptors (Lipinski definition) is 4. The lowest BCUT2D eigenvalue weighted by Gasteiger charge is -2.05. The Kier molecular flexibility index (Phi) is 3.05. The summed E-state index contributed by atoms with van der Waals surface area (Å²) in [6.07, 6.45) is 1.47. The van der Waals surface area contributed by atoms with E-state index >= 15 is 0 Å². The maximum Gasteiger partial charge on any atom is 0.168 e. The van der Waals surface area contributed by atoms with Crippen LogP contribution in [-0.4, -0.2) is 19.7 Å². The zero-order valence-corrected chi connectivity index (χ0v) is 12.6. The van der Waals surface area contributed by atoms with Gasteiger partial charge in [0.1, 0.15) is 12.1 Å². The summed E-state index contributed by atoms with van der Waals surface area (Å²) in [6.45, 7) is 1.91. The molecule has 0 aliphatic carbocycles. The summed E-state index contributed by atoms with van der Waals surface area (Å²) >= 11 is 0. The summed E-state index contributed by atoms with van der Waals surface area (Å²) in [5.74, 6) is 0.458. The summed E-state index contributed by atoms with van der Waals surface area (Å²) in [5, 5.41) is 5.36. The fourth-order valence-electron chi connectivity index (χ4n) is 2.75. The van der Waals surface area contributed by atoms with Crippen molar-refractivity contribution in [1.29, 1.82) is 0 Å². The molecule has 2 aromatic heterocycles. The summed E-state index contributed by atoms with van der Waals surface area (Å²) < 4.78 is 1.80. The van der Waals surface area contributed by atoms with Crippen molar-refractivity contribution in [2.75, 3.05) is 5.73 Å². The molecule has 2 aromatic carbocycles. The van der Waals surface area contributed by atoms with Crippen LogP contribution in [0, 0.1) is 6.92 Å². The second-order valence-corrected chi connectivity index (χ2v) is 5.37. The molecule has 0 saturated heterocycles. The summed E-state index contributed by atoms with van der Waals surface area (Å²) in [4.78, 5) is 8.37. The molecule has 2 heterocycles. The number of anilines is 1. The minimum absolute atomic E-state index is 0.458. The van der Waals surface area contributed by atoms with Gasteiger partial charge >= 0.3 is 0 Å². The van der Waals surface area contributed by atoms with Gasteiger partial charge in [0.05, 0.1) is 16.8 Å². The third-order valence-electron chi connectivity index (χ3n) is 3.89. The van der Waals surface area contributed by atoms with E-state index in [9.17, 15) is 0 Å². The van der Waals surface area contributed by atoms with E-state index in [1.54, 1.807) is 4.68 Å². The van der Waals surface area contributed by atoms with Crippen LogP contribution in [0.2, 0.25) is 0 Å². The highest BCUT2D eigenvalue weighted by molar-refractivity contribution is 5.88. The predicted octanol–water partition coefficient (Wildman–Crippen LogP) is 3.37. The molecule has 0 radical (unpaired) electrons. The molecule has 23 heavy (non-hydrogen) atoms. The summed E-state index contributed by atoms with van der Waals surface area (Å²) in [5.41, 5.74) is 10.8. The van der Waals surface area contributed by atoms with Crippen LogP contribution >= 0.6 is 0 Å². The standard InChI is InChI=1S/C18H15N5/c1-12-16-17(19)20-11-21-18(16)23(22-12)15-9-7-14(8-10-15)13-5-3-2-4-6-13/h2-11H,1H3,(H2,19,20,21). The van der Waals surface area contributed by atoms with Crippen LogP contribution < -0.4 is 5.73 Å². The number of nitrogen functional groups attached to an aromatic ring is 1. The summed E-state index contributed by atoms with van der Waals surface area (Å²) in [7, 11) is 0. The lowest BCUT2D eigenvalue weighted by Crippen LogP contribution is -1.99. The van der Waals surface area contributed by atoms with Crippen LogP contribution in [0.4, 0.5) is 5.82 Å². The Balaban J connectivity index is 1.82. The predicted molar refractivity (Wildman–Crippen MR) is 91.2 cm³/mol. The molecule has 0 atom stereocenters. The first-order valence-corrected chi connectivity index (χ1v) is 7.36. The highest BCUT2D eigenvalue weighted by Crippen LogP contribution is 2.25. The largest absolute Gasteiger partial charge is 0.383 e. The Morgan fingerprint density at radius 2 is 1.57 bits per heavy atom. The first-order valence-electron chi connectivity index (χ1n) is 7.36. The van der Waals surface area contributed by atoms with Gasteiger partial charge in [-0.1, -0.05) is 42.5 Å². The molecule has 4 rings (SSSR count). The van der Waals surface area contributed by atoms with E-state index < -0.39 is 0 Å². The lowest BCUT2D eigenvalue weighted by molar-refractivity contribution is 0.876. The van der Waals surface area contributed by atoms with Gasteiger partial charge in [-0.05, 0) is 30.2 Å². The van der Waals surface area contributed by atoms with E-state index in [0.29, 0.717) is 5.82 Å². The molecule has 0 amide bonds. The van der Waals surface area contributed by atoms with Crippen molar-refractivity contribution in [3.05, 3.63) is 66.6 Å². The highest BCUT2D eigenvalue weighted by atomic mass is 15.3. The van der Waals surface area contributed by atoms with Crippen LogP contribution in [0.3, 0.4) is 0 Å². The van der Waals surface area contributed by atoms with Gasteiger partial charge in [0, 0.05) is 0 Å². The van der Waals surface area contributed by atoms with Gasteiger partial charge in [-0.2, -0.15) is 5.10 Å². The minimum atomic E-state index is 0.458. The van der Waals surface area contributed by atoms with Crippen LogP contribution in [-0.2, 0) is 0 Å². The first kappa shape index (κ1) is 13.5. The van der Waals surface area contributed by atoms with E-state index in [4.69, 9.17) is 5.73 Å². The molecule has 0 bridgehead atoms. The van der Waals surface area contributed by atoms with Gasteiger partial charge in [0.15, 0.2) is 5.65 Å². The van der Waals surface area contributed by atoms with Crippen LogP contribution in [0.1, 0.15) is 5.69 Å². The molecule has 0 fully saturated rings. The number of hydrogen-bond donors (Lipinski definition) is 1. The van der Waals surface area contributed by atoms with Gasteiger partial charge in [0.25, 0.3) is 0 Å². The van der Waals surface area contributed by atoms with E-state index in [-0.39, 0.29) is 0 Å². The van der Waals surface area contributed by atoms with E-state index in [1.807, 2.05) is 37.3 Å². The quantitative estimate of drug-likeness (QED) is 0.616. The van der Waals surface area contributed by atoms with Crippen molar-refractivity contribution in [3.63, 3.8) is 0 Å². The molecule has 112 valence electrons. The van der Waals surface area contributed by atoms with Gasteiger partial charge in [0.2, 0.25) is 0 Å². The Hall–Kier alpha value is -3.21. The number of aryl methyl sites for hydroxylation is 1. The average molecular weight is 301 g/mol. The Labute approximate surface area is 133 Å². The molecule has 5 nitrogen and oxygen atoms in total. The van der Waals surface area contributed by atoms with E-state index in [2.05, 4.69) is 39.3 Å². The third-order valence-corrected chi connectivity index (χ3v) is 3.89. The first-order chi connectivity index (χ1) is 11.2. The molecular formula is C18H15N5. The van der Waals surface area contributed by atoms with Crippen LogP contribution in [0.25, 0.3) is 27.8 Å². The number of rotatable bonds is 2. The van der Waals surface area contributed by atoms with Crippen molar-refractivity contribution in [3.8, 4) is 16.8 Å². The zero-order valence-electron chi connectivity index (χ0n) is 12.6. The molecule has 0 aliphatic rings. The molecular weight excluding hydrogens is 286 g/mol. The fourth-order valence-corrected chi connectivity index (χ4v) is 2.75. The fraction of sp³-hybridized carbons (Fsp3) is 0.0556. The van der Waals surface area contributed by atoms with E-state index in [1.165, 1.54) is 11.9 Å². The van der Waals surface area contributed by atoms with Crippen LogP contribution in [0.15, 0.2) is 60.9 Å². The second kappa shape index (κ2) is 5.21. The number of fused-ring (bicyclic) bond motifs is 1. The molecule has 2 N–H and O–H groups in total. The number of aromatic nitrogens is 4. The summed E-state index contributed by atoms with van der Waals surface area (Å²) in [6, 6.07) is 18.5. The monoisotopic (exact) mass is 301 g/mol. The van der Waals surface area contributed by atoms with Gasteiger partial charge < -0.3 is 5.73 Å². The molecule has 5 heteroatoms. The molecule has 4 aromatic rings. The lowest BCUT2D eigenvalue weighted by atomic mass is 10.1. The van der Waals surface area contributed by atoms with Gasteiger partial charge in [-0.3, -0.25) is 0 Å². The number of nitrogens with zero attached hydrogens (tertiary/aromatic N) is 4. The van der Waals surface area contributed by atoms with Crippen molar-refractivity contribution in [1.82, 2.24) is 19.7 Å². The number of benzene rings is 2. The topological polar surface area (TPSA) is 69.6 Å². The van der Waals surface area contributed by atoms with E-state index in [0.717, 1.165) is 28.0 Å². The maximum atomic E-state index is 5.94. The van der Waals surface area contributed by atoms with Crippen molar-refractivity contribution < 1.29 is 0 Å². The molecule has 0 saturated carbocycles. The Morgan fingerprint density at radius 3 is 2.30 bits per heavy atom. The van der Waals surface area contributed by atoms with Crippen molar-refractivity contribution in [2.45, 2.75) is 6.92 Å². The van der Waals surface area contributed by atoms with Gasteiger partial charge in [-0.15, -0.1) is 0 Å². The molecule has 0 unspecified atom stereocenters. The third kappa shape index (κ3) is 2.23. The minimum Gasteiger partial charge on any atom is -0.383 e. The maximum absolute atomic E-state index is 5.94. The van der Waals surface area contributed by atoms with Crippen molar-refractivity contribution >= 4 is 16.9 Å². The Morgan fingerprint density at radius 1 is 0.870 bits per heavy atom. The Bertz CT molecular complexity index is 972. The van der Waals surface area contributed by atoms with Crippen molar-refractivity contribution in [2.24, 2.45) is 0 Å². The number of nitrogens with two attached hydrogens (primary N) is 1. The normalized spacial score (nSPS) is 11.0. The van der Waals surface area contributed by atoms with Gasteiger partial charge in [-0.25, -0.2) is 14.6 Å².